The molecule has 0 aliphatic carbocycles. The van der Waals surface area contributed by atoms with Crippen molar-refractivity contribution in [1.29, 1.82) is 0 Å². The maximum Gasteiger partial charge on any atom is 0.229 e. The number of hydrogen-bond donors (Lipinski definition) is 1. The smallest absolute Gasteiger partial charge is 0.229 e. The molecule has 1 aliphatic heterocycles. The van der Waals surface area contributed by atoms with Crippen molar-refractivity contribution >= 4 is 51.4 Å². The molecule has 0 saturated carbocycles. The molecule has 0 spiro atoms. The Morgan fingerprint density at radius 2 is 2.39 bits per heavy atom. The number of nitrogens with zero attached hydrogens (tertiary/aromatic N) is 3. The molecule has 9 heteroatoms. The largest absolute Gasteiger partial charge is 0.346 e. The number of amides is 2. The lowest BCUT2D eigenvalue weighted by molar-refractivity contribution is -0.137. The zero-order valence-corrected chi connectivity index (χ0v) is 15.0. The normalized spacial score (nSPS) is 18.2. The van der Waals surface area contributed by atoms with Gasteiger partial charge in [-0.05, 0) is 17.9 Å². The lowest BCUT2D eigenvalue weighted by Crippen LogP contribution is -2.39. The highest BCUT2D eigenvalue weighted by Crippen LogP contribution is 2.30. The Bertz CT molecular complexity index is 686. The average molecular weight is 369 g/mol. The fourth-order valence-corrected chi connectivity index (χ4v) is 4.75. The molecule has 1 saturated heterocycles. The number of rotatable bonds is 5. The molecule has 1 aliphatic rings. The summed E-state index contributed by atoms with van der Waals surface area (Å²) in [5.74, 6) is 0.451. The summed E-state index contributed by atoms with van der Waals surface area (Å²) in [7, 11) is 1.76. The van der Waals surface area contributed by atoms with Gasteiger partial charge in [-0.25, -0.2) is 0 Å². The molecule has 1 atom stereocenters. The van der Waals surface area contributed by atoms with Crippen molar-refractivity contribution in [3.8, 4) is 0 Å². The second-order valence-electron chi connectivity index (χ2n) is 5.24. The fraction of sp³-hybridized carbons (Fsp3) is 0.429. The van der Waals surface area contributed by atoms with E-state index in [1.54, 1.807) is 35.0 Å². The van der Waals surface area contributed by atoms with Gasteiger partial charge in [-0.3, -0.25) is 9.59 Å². The van der Waals surface area contributed by atoms with E-state index in [1.165, 1.54) is 16.2 Å². The molecule has 6 nitrogen and oxygen atoms in total. The Kier molecular flexibility index (Phi) is 5.29. The highest BCUT2D eigenvalue weighted by molar-refractivity contribution is 8.00. The molecule has 1 fully saturated rings. The summed E-state index contributed by atoms with van der Waals surface area (Å²) >= 11 is 4.68. The van der Waals surface area contributed by atoms with Gasteiger partial charge in [0.15, 0.2) is 4.34 Å². The molecule has 1 N–H and O–H groups in total. The third kappa shape index (κ3) is 4.30. The topological polar surface area (TPSA) is 75.2 Å². The highest BCUT2D eigenvalue weighted by Gasteiger charge is 2.29. The molecule has 122 valence electrons. The van der Waals surface area contributed by atoms with Crippen LogP contribution in [0.25, 0.3) is 0 Å². The Balaban J connectivity index is 1.52. The summed E-state index contributed by atoms with van der Waals surface area (Å²) in [6, 6.07) is 4.10. The minimum Gasteiger partial charge on any atom is -0.346 e. The van der Waals surface area contributed by atoms with Gasteiger partial charge in [0, 0.05) is 36.6 Å². The second-order valence-corrected chi connectivity index (χ2v) is 8.47. The van der Waals surface area contributed by atoms with Gasteiger partial charge in [-0.1, -0.05) is 29.2 Å². The van der Waals surface area contributed by atoms with Crippen molar-refractivity contribution < 1.29 is 9.59 Å². The van der Waals surface area contributed by atoms with Crippen molar-refractivity contribution in [3.05, 3.63) is 22.4 Å². The molecule has 0 bridgehead atoms. The summed E-state index contributed by atoms with van der Waals surface area (Å²) in [5, 5.41) is 13.4. The lowest BCUT2D eigenvalue weighted by atomic mass is 9.96. The van der Waals surface area contributed by atoms with E-state index >= 15 is 0 Å². The summed E-state index contributed by atoms with van der Waals surface area (Å²) in [6.45, 7) is 0.620. The minimum atomic E-state index is -0.273. The van der Waals surface area contributed by atoms with Crippen LogP contribution in [0, 0.1) is 5.92 Å². The van der Waals surface area contributed by atoms with Crippen LogP contribution < -0.4 is 5.32 Å². The first-order valence-corrected chi connectivity index (χ1v) is 9.83. The Hall–Kier alpha value is -1.45. The SMILES string of the molecule is CN1CC[C@@H](C(=O)Nc2nnc(SCc3cccs3)s2)CC1=O. The van der Waals surface area contributed by atoms with Crippen molar-refractivity contribution in [2.24, 2.45) is 5.92 Å². The van der Waals surface area contributed by atoms with Crippen LogP contribution in [0.4, 0.5) is 5.13 Å². The number of aromatic nitrogens is 2. The van der Waals surface area contributed by atoms with Crippen LogP contribution in [0.3, 0.4) is 0 Å². The molecule has 0 aromatic carbocycles. The van der Waals surface area contributed by atoms with Crippen molar-refractivity contribution in [1.82, 2.24) is 15.1 Å². The molecular weight excluding hydrogens is 352 g/mol. The fourth-order valence-electron chi connectivity index (χ4n) is 2.22. The quantitative estimate of drug-likeness (QED) is 0.649. The van der Waals surface area contributed by atoms with Crippen LogP contribution in [-0.4, -0.2) is 40.5 Å². The predicted octanol–water partition coefficient (Wildman–Crippen LogP) is 2.70. The Morgan fingerprint density at radius 1 is 1.52 bits per heavy atom. The number of anilines is 1. The predicted molar refractivity (Wildman–Crippen MR) is 92.8 cm³/mol. The number of nitrogens with one attached hydrogen (secondary N) is 1. The maximum atomic E-state index is 12.2. The summed E-state index contributed by atoms with van der Waals surface area (Å²) < 4.78 is 0.827. The van der Waals surface area contributed by atoms with Crippen LogP contribution in [0.5, 0.6) is 0 Å². The van der Waals surface area contributed by atoms with Gasteiger partial charge < -0.3 is 10.2 Å². The molecule has 2 amide bonds. The number of carbonyl (C=O) groups excluding carboxylic acids is 2. The van der Waals surface area contributed by atoms with Gasteiger partial charge in [0.2, 0.25) is 16.9 Å². The zero-order chi connectivity index (χ0) is 16.2. The number of thioether (sulfide) groups is 1. The van der Waals surface area contributed by atoms with E-state index in [-0.39, 0.29) is 24.2 Å². The van der Waals surface area contributed by atoms with Gasteiger partial charge in [-0.15, -0.1) is 21.5 Å². The first kappa shape index (κ1) is 16.4. The van der Waals surface area contributed by atoms with Gasteiger partial charge in [0.25, 0.3) is 0 Å². The second kappa shape index (κ2) is 7.41. The van der Waals surface area contributed by atoms with Gasteiger partial charge in [-0.2, -0.15) is 0 Å². The number of hydrogen-bond acceptors (Lipinski definition) is 7. The summed E-state index contributed by atoms with van der Waals surface area (Å²) in [5.41, 5.74) is 0. The monoisotopic (exact) mass is 368 g/mol. The number of likely N-dealkylation sites (tertiary alicyclic amines) is 1. The Labute approximate surface area is 146 Å². The Morgan fingerprint density at radius 3 is 3.13 bits per heavy atom. The van der Waals surface area contributed by atoms with E-state index in [9.17, 15) is 9.59 Å². The standard InChI is InChI=1S/C14H16N4O2S3/c1-18-5-4-9(7-11(18)19)12(20)15-13-16-17-14(23-13)22-8-10-3-2-6-21-10/h2-3,6,9H,4-5,7-8H2,1H3,(H,15,16,20)/t9-/m1/s1. The number of thiophene rings is 1. The molecule has 2 aromatic rings. The summed E-state index contributed by atoms with van der Waals surface area (Å²) in [6.07, 6.45) is 0.952. The van der Waals surface area contributed by atoms with Crippen LogP contribution in [0.2, 0.25) is 0 Å². The van der Waals surface area contributed by atoms with Crippen LogP contribution in [0.15, 0.2) is 21.9 Å². The van der Waals surface area contributed by atoms with E-state index < -0.39 is 0 Å². The van der Waals surface area contributed by atoms with Gasteiger partial charge in [0.05, 0.1) is 0 Å². The van der Waals surface area contributed by atoms with E-state index in [0.29, 0.717) is 18.1 Å². The van der Waals surface area contributed by atoms with Gasteiger partial charge in [0.1, 0.15) is 0 Å². The van der Waals surface area contributed by atoms with Crippen molar-refractivity contribution in [3.63, 3.8) is 0 Å². The van der Waals surface area contributed by atoms with Crippen LogP contribution in [-0.2, 0) is 15.3 Å². The average Bonchev–Trinajstić information content (AvgIpc) is 3.19. The maximum absolute atomic E-state index is 12.2. The molecule has 2 aromatic heterocycles. The van der Waals surface area contributed by atoms with Crippen molar-refractivity contribution in [2.45, 2.75) is 22.9 Å². The summed E-state index contributed by atoms with van der Waals surface area (Å²) in [4.78, 5) is 26.8. The van der Waals surface area contributed by atoms with Crippen LogP contribution in [0.1, 0.15) is 17.7 Å². The number of carbonyl (C=O) groups is 2. The molecule has 3 rings (SSSR count). The first-order chi connectivity index (χ1) is 11.1. The molecular formula is C14H16N4O2S3. The van der Waals surface area contributed by atoms with Gasteiger partial charge >= 0.3 is 0 Å². The van der Waals surface area contributed by atoms with Crippen molar-refractivity contribution in [2.75, 3.05) is 18.9 Å². The number of piperidine rings is 1. The third-order valence-electron chi connectivity index (χ3n) is 3.59. The zero-order valence-electron chi connectivity index (χ0n) is 12.5. The van der Waals surface area contributed by atoms with E-state index in [4.69, 9.17) is 0 Å². The minimum absolute atomic E-state index is 0.0147. The molecule has 0 radical (unpaired) electrons. The molecule has 0 unspecified atom stereocenters. The van der Waals surface area contributed by atoms with Crippen LogP contribution >= 0.6 is 34.4 Å². The molecule has 23 heavy (non-hydrogen) atoms. The first-order valence-electron chi connectivity index (χ1n) is 7.15. The van der Waals surface area contributed by atoms with E-state index in [2.05, 4.69) is 21.6 Å². The lowest BCUT2D eigenvalue weighted by Gasteiger charge is -2.27. The third-order valence-corrected chi connectivity index (χ3v) is 6.67. The van der Waals surface area contributed by atoms with E-state index in [1.807, 2.05) is 11.4 Å². The molecule has 3 heterocycles. The highest BCUT2D eigenvalue weighted by atomic mass is 32.2. The van der Waals surface area contributed by atoms with E-state index in [0.717, 1.165) is 10.1 Å².